The fraction of sp³-hybridized carbons (Fsp3) is 0.125. The third kappa shape index (κ3) is 6.63. The largest absolute Gasteiger partial charge is 0.534 e. The molecule has 0 N–H and O–H groups in total. The van der Waals surface area contributed by atoms with E-state index in [2.05, 4.69) is 4.18 Å². The van der Waals surface area contributed by atoms with Gasteiger partial charge in [-0.2, -0.15) is 34.8 Å². The van der Waals surface area contributed by atoms with Gasteiger partial charge in [0.05, 0.1) is 29.8 Å². The Balaban J connectivity index is 1.83. The number of rotatable bonds is 7. The minimum atomic E-state index is -6.06. The zero-order chi connectivity index (χ0) is 32.6. The fourth-order valence-electron chi connectivity index (χ4n) is 4.40. The predicted molar refractivity (Wildman–Crippen MR) is 156 cm³/mol. The van der Waals surface area contributed by atoms with E-state index in [9.17, 15) is 34.8 Å². The molecule has 0 radical (unpaired) electrons. The molecular formula is C32H22F6N2O4S. The van der Waals surface area contributed by atoms with Gasteiger partial charge in [-0.05, 0) is 55.5 Å². The van der Waals surface area contributed by atoms with E-state index in [1.54, 1.807) is 48.5 Å². The molecule has 0 aliphatic carbocycles. The molecule has 45 heavy (non-hydrogen) atoms. The Morgan fingerprint density at radius 1 is 0.622 bits per heavy atom. The van der Waals surface area contributed by atoms with Crippen molar-refractivity contribution in [1.29, 1.82) is 0 Å². The van der Waals surface area contributed by atoms with Crippen molar-refractivity contribution in [3.05, 3.63) is 108 Å². The minimum absolute atomic E-state index is 0.0340. The van der Waals surface area contributed by atoms with Gasteiger partial charge < -0.3 is 8.92 Å². The number of nitrogens with zero attached hydrogens (tertiary/aromatic N) is 2. The van der Waals surface area contributed by atoms with Gasteiger partial charge in [0.15, 0.2) is 5.75 Å². The highest BCUT2D eigenvalue weighted by Crippen LogP contribution is 2.42. The van der Waals surface area contributed by atoms with Gasteiger partial charge >= 0.3 is 21.8 Å². The zero-order valence-electron chi connectivity index (χ0n) is 23.4. The van der Waals surface area contributed by atoms with Crippen molar-refractivity contribution in [2.24, 2.45) is 0 Å². The van der Waals surface area contributed by atoms with Gasteiger partial charge in [0.2, 0.25) is 0 Å². The maximum Gasteiger partial charge on any atom is 0.534 e. The average molecular weight is 645 g/mol. The number of aromatic nitrogens is 2. The quantitative estimate of drug-likeness (QED) is 0.100. The third-order valence-electron chi connectivity index (χ3n) is 6.70. The zero-order valence-corrected chi connectivity index (χ0v) is 24.3. The first-order valence-electron chi connectivity index (χ1n) is 13.1. The van der Waals surface area contributed by atoms with Crippen LogP contribution >= 0.6 is 0 Å². The summed E-state index contributed by atoms with van der Waals surface area (Å²) in [7, 11) is -4.59. The first kappa shape index (κ1) is 31.5. The van der Waals surface area contributed by atoms with E-state index >= 15 is 0 Å². The van der Waals surface area contributed by atoms with Crippen LogP contribution in [-0.4, -0.2) is 31.0 Å². The molecule has 5 rings (SSSR count). The Morgan fingerprint density at radius 2 is 1.09 bits per heavy atom. The van der Waals surface area contributed by atoms with E-state index < -0.39 is 33.1 Å². The van der Waals surface area contributed by atoms with E-state index in [-0.39, 0.29) is 33.9 Å². The second-order valence-corrected chi connectivity index (χ2v) is 11.3. The smallest absolute Gasteiger partial charge is 0.497 e. The first-order valence-corrected chi connectivity index (χ1v) is 14.5. The van der Waals surface area contributed by atoms with Crippen molar-refractivity contribution in [3.63, 3.8) is 0 Å². The molecule has 1 heterocycles. The Morgan fingerprint density at radius 3 is 1.60 bits per heavy atom. The lowest BCUT2D eigenvalue weighted by Gasteiger charge is -2.18. The molecule has 0 spiro atoms. The molecule has 5 aromatic rings. The lowest BCUT2D eigenvalue weighted by molar-refractivity contribution is -0.137. The lowest BCUT2D eigenvalue weighted by Crippen LogP contribution is -2.28. The molecule has 0 aliphatic heterocycles. The molecule has 0 saturated carbocycles. The number of para-hydroxylation sites is 1. The topological polar surface area (TPSA) is 78.4 Å². The van der Waals surface area contributed by atoms with E-state index in [4.69, 9.17) is 14.7 Å². The molecule has 1 aromatic heterocycles. The molecule has 0 saturated heterocycles. The summed E-state index contributed by atoms with van der Waals surface area (Å²) >= 11 is 0. The summed E-state index contributed by atoms with van der Waals surface area (Å²) in [5, 5.41) is 0. The summed E-state index contributed by atoms with van der Waals surface area (Å²) in [5.74, 6) is -0.157. The number of halogens is 6. The van der Waals surface area contributed by atoms with E-state index in [1.165, 1.54) is 37.4 Å². The SMILES string of the molecule is COc1ccc(-c2nc(-c3ccccc3OS(=O)(=O)C(F)(F)F)c(-c3ccc(C)cc3)nc2-c2ccc(C(F)(F)F)cc2)cc1. The Kier molecular flexibility index (Phi) is 8.32. The van der Waals surface area contributed by atoms with Crippen molar-refractivity contribution in [1.82, 2.24) is 9.97 Å². The maximum absolute atomic E-state index is 13.4. The van der Waals surface area contributed by atoms with Gasteiger partial charge in [-0.1, -0.05) is 54.1 Å². The van der Waals surface area contributed by atoms with Gasteiger partial charge in [-0.15, -0.1) is 0 Å². The van der Waals surface area contributed by atoms with Crippen molar-refractivity contribution >= 4 is 10.1 Å². The van der Waals surface area contributed by atoms with Crippen molar-refractivity contribution < 1.29 is 43.7 Å². The monoisotopic (exact) mass is 644 g/mol. The van der Waals surface area contributed by atoms with E-state index in [0.717, 1.165) is 23.8 Å². The van der Waals surface area contributed by atoms with Crippen molar-refractivity contribution in [2.75, 3.05) is 7.11 Å². The highest BCUT2D eigenvalue weighted by Gasteiger charge is 2.49. The number of hydrogen-bond donors (Lipinski definition) is 0. The van der Waals surface area contributed by atoms with Gasteiger partial charge in [-0.3, -0.25) is 0 Å². The standard InChI is InChI=1S/C32H22F6N2O4S/c1-19-7-9-20(10-8-19)29-30(25-5-3-4-6-26(25)44-45(41,42)32(36,37)38)40-28(22-13-17-24(43-2)18-14-22)27(39-29)21-11-15-23(16-12-21)31(33,34)35/h3-18H,1-2H3. The molecule has 0 unspecified atom stereocenters. The maximum atomic E-state index is 13.4. The van der Waals surface area contributed by atoms with Gasteiger partial charge in [0, 0.05) is 22.3 Å². The van der Waals surface area contributed by atoms with Crippen LogP contribution in [0, 0.1) is 6.92 Å². The van der Waals surface area contributed by atoms with Crippen LogP contribution < -0.4 is 8.92 Å². The van der Waals surface area contributed by atoms with Crippen LogP contribution in [0.4, 0.5) is 26.3 Å². The summed E-state index contributed by atoms with van der Waals surface area (Å²) in [5.41, 5.74) is -4.27. The normalized spacial score (nSPS) is 12.2. The summed E-state index contributed by atoms with van der Waals surface area (Å²) < 4.78 is 114. The molecule has 0 atom stereocenters. The summed E-state index contributed by atoms with van der Waals surface area (Å²) in [6, 6.07) is 22.8. The molecule has 232 valence electrons. The summed E-state index contributed by atoms with van der Waals surface area (Å²) in [6.45, 7) is 1.84. The summed E-state index contributed by atoms with van der Waals surface area (Å²) in [4.78, 5) is 9.60. The Labute approximate surface area is 254 Å². The van der Waals surface area contributed by atoms with Gasteiger partial charge in [0.1, 0.15) is 11.4 Å². The van der Waals surface area contributed by atoms with E-state index in [1.807, 2.05) is 6.92 Å². The summed E-state index contributed by atoms with van der Waals surface area (Å²) in [6.07, 6.45) is -4.58. The van der Waals surface area contributed by atoms with Gasteiger partial charge in [0.25, 0.3) is 0 Å². The van der Waals surface area contributed by atoms with E-state index in [0.29, 0.717) is 16.9 Å². The number of alkyl halides is 6. The van der Waals surface area contributed by atoms with Crippen molar-refractivity contribution in [2.45, 2.75) is 18.6 Å². The number of ether oxygens (including phenoxy) is 1. The Hall–Kier alpha value is -4.91. The van der Waals surface area contributed by atoms with Crippen LogP contribution in [0.3, 0.4) is 0 Å². The molecule has 0 aliphatic rings. The van der Waals surface area contributed by atoms with Crippen LogP contribution in [-0.2, 0) is 16.3 Å². The van der Waals surface area contributed by atoms with Crippen LogP contribution in [0.25, 0.3) is 45.0 Å². The molecule has 6 nitrogen and oxygen atoms in total. The van der Waals surface area contributed by atoms with Crippen LogP contribution in [0.1, 0.15) is 11.1 Å². The lowest BCUT2D eigenvalue weighted by atomic mass is 9.98. The fourth-order valence-corrected chi connectivity index (χ4v) is 4.88. The average Bonchev–Trinajstić information content (AvgIpc) is 3.00. The first-order chi connectivity index (χ1) is 21.2. The van der Waals surface area contributed by atoms with Crippen LogP contribution in [0.5, 0.6) is 11.5 Å². The molecule has 0 bridgehead atoms. The van der Waals surface area contributed by atoms with Crippen LogP contribution in [0.2, 0.25) is 0 Å². The van der Waals surface area contributed by atoms with Crippen LogP contribution in [0.15, 0.2) is 97.1 Å². The molecule has 0 fully saturated rings. The number of methoxy groups -OCH3 is 1. The number of aryl methyl sites for hydroxylation is 1. The highest BCUT2D eigenvalue weighted by atomic mass is 32.2. The van der Waals surface area contributed by atoms with Crippen molar-refractivity contribution in [3.8, 4) is 56.5 Å². The Bertz CT molecular complexity index is 1940. The minimum Gasteiger partial charge on any atom is -0.497 e. The molecular weight excluding hydrogens is 622 g/mol. The number of hydrogen-bond acceptors (Lipinski definition) is 6. The molecule has 13 heteroatoms. The predicted octanol–water partition coefficient (Wildman–Crippen LogP) is 8.71. The molecule has 0 amide bonds. The van der Waals surface area contributed by atoms with Gasteiger partial charge in [-0.25, -0.2) is 9.97 Å². The molecule has 4 aromatic carbocycles. The highest BCUT2D eigenvalue weighted by molar-refractivity contribution is 7.88. The number of benzene rings is 4. The second-order valence-electron chi connectivity index (χ2n) is 9.77. The third-order valence-corrected chi connectivity index (χ3v) is 7.66. The second kappa shape index (κ2) is 11.9.